The molecule has 0 aliphatic carbocycles. The highest BCUT2D eigenvalue weighted by Gasteiger charge is 2.48. The number of carbonyl (C=O) groups excluding carboxylic acids is 2. The van der Waals surface area contributed by atoms with Crippen molar-refractivity contribution in [2.75, 3.05) is 13.2 Å². The second-order valence-corrected chi connectivity index (χ2v) is 7.41. The molecule has 7 N–H and O–H groups in total. The van der Waals surface area contributed by atoms with E-state index < -0.39 is 48.4 Å². The monoisotopic (exact) mass is 428 g/mol. The van der Waals surface area contributed by atoms with Crippen molar-refractivity contribution >= 4 is 17.8 Å². The van der Waals surface area contributed by atoms with Gasteiger partial charge in [0.2, 0.25) is 11.7 Å². The Kier molecular flexibility index (Phi) is 8.88. The van der Waals surface area contributed by atoms with Gasteiger partial charge in [-0.15, -0.1) is 0 Å². The number of guanidine groups is 1. The lowest BCUT2D eigenvalue weighted by Crippen LogP contribution is -2.62. The Hall–Kier alpha value is -2.37. The van der Waals surface area contributed by atoms with Crippen LogP contribution in [0.1, 0.15) is 39.5 Å². The molecule has 0 aromatic carbocycles. The number of aliphatic hydroxyl groups excluding tert-OH is 2. The second kappa shape index (κ2) is 11.1. The topological polar surface area (TPSA) is 179 Å². The first kappa shape index (κ1) is 23.9. The van der Waals surface area contributed by atoms with Crippen LogP contribution in [-0.2, 0) is 23.8 Å². The number of aliphatic imine (C=N–C) groups is 1. The molecule has 0 radical (unpaired) electrons. The van der Waals surface area contributed by atoms with Crippen molar-refractivity contribution < 1.29 is 34.0 Å². The van der Waals surface area contributed by atoms with Gasteiger partial charge in [0.05, 0.1) is 24.8 Å². The molecule has 1 fully saturated rings. The molecule has 2 aliphatic heterocycles. The third-order valence-electron chi connectivity index (χ3n) is 4.94. The zero-order chi connectivity index (χ0) is 22.3. The van der Waals surface area contributed by atoms with Gasteiger partial charge < -0.3 is 41.2 Å². The number of amides is 1. The smallest absolute Gasteiger partial charge is 0.373 e. The summed E-state index contributed by atoms with van der Waals surface area (Å²) in [6.07, 6.45) is -0.197. The number of nitrogens with one attached hydrogen (secondary N) is 1. The summed E-state index contributed by atoms with van der Waals surface area (Å²) in [5.41, 5.74) is 11.1. The molecule has 0 saturated carbocycles. The number of nitrogens with zero attached hydrogens (tertiary/aromatic N) is 1. The van der Waals surface area contributed by atoms with Crippen LogP contribution in [0.25, 0.3) is 0 Å². The van der Waals surface area contributed by atoms with Gasteiger partial charge in [-0.1, -0.05) is 19.8 Å². The van der Waals surface area contributed by atoms with E-state index in [0.717, 1.165) is 12.8 Å². The number of ether oxygens (including phenoxy) is 3. The summed E-state index contributed by atoms with van der Waals surface area (Å²) >= 11 is 0. The fourth-order valence-corrected chi connectivity index (χ4v) is 3.48. The van der Waals surface area contributed by atoms with E-state index in [4.69, 9.17) is 25.7 Å². The minimum atomic E-state index is -1.29. The summed E-state index contributed by atoms with van der Waals surface area (Å²) in [4.78, 5) is 28.4. The Labute approximate surface area is 175 Å². The van der Waals surface area contributed by atoms with Crippen LogP contribution in [0.3, 0.4) is 0 Å². The Morgan fingerprint density at radius 3 is 2.67 bits per heavy atom. The molecule has 0 aromatic rings. The normalized spacial score (nSPS) is 31.1. The van der Waals surface area contributed by atoms with Gasteiger partial charge in [0.15, 0.2) is 12.1 Å². The first-order valence-corrected chi connectivity index (χ1v) is 10.1. The molecular weight excluding hydrogens is 396 g/mol. The van der Waals surface area contributed by atoms with Crippen LogP contribution >= 0.6 is 0 Å². The van der Waals surface area contributed by atoms with Crippen molar-refractivity contribution in [3.8, 4) is 0 Å². The molecule has 30 heavy (non-hydrogen) atoms. The van der Waals surface area contributed by atoms with Crippen LogP contribution in [0.2, 0.25) is 0 Å². The van der Waals surface area contributed by atoms with Crippen LogP contribution in [0.15, 0.2) is 16.8 Å². The lowest BCUT2D eigenvalue weighted by molar-refractivity contribution is -0.186. The molecule has 0 unspecified atom stereocenters. The molecule has 2 rings (SSSR count). The van der Waals surface area contributed by atoms with Gasteiger partial charge in [0, 0.05) is 13.5 Å². The molecule has 170 valence electrons. The first-order valence-electron chi connectivity index (χ1n) is 10.1. The van der Waals surface area contributed by atoms with Crippen molar-refractivity contribution in [1.29, 1.82) is 0 Å². The standard InChI is InChI=1S/C19H32N4O7/c1-3-4-5-7-29-18(27)13-9-11(23-19(20)21)14(22-10(2)24)16(30-13)17-15(26)12(25)6-8-28-17/h9,11-12,14-17,25-26H,3-8H2,1-2H3,(H,22,24)(H4,20,21,23)/t11-,12+,14+,15+,16+,17+/m0/s1. The van der Waals surface area contributed by atoms with E-state index in [1.807, 2.05) is 6.92 Å². The number of aliphatic hydroxyl groups is 2. The van der Waals surface area contributed by atoms with Crippen molar-refractivity contribution in [1.82, 2.24) is 5.32 Å². The van der Waals surface area contributed by atoms with Crippen molar-refractivity contribution in [2.24, 2.45) is 16.5 Å². The predicted octanol–water partition coefficient (Wildman–Crippen LogP) is -1.34. The van der Waals surface area contributed by atoms with Gasteiger partial charge in [-0.25, -0.2) is 9.79 Å². The van der Waals surface area contributed by atoms with Crippen molar-refractivity contribution in [3.05, 3.63) is 11.8 Å². The van der Waals surface area contributed by atoms with E-state index in [1.165, 1.54) is 13.0 Å². The third kappa shape index (κ3) is 6.31. The zero-order valence-electron chi connectivity index (χ0n) is 17.3. The van der Waals surface area contributed by atoms with E-state index >= 15 is 0 Å². The SMILES string of the molecule is CCCCCOC(=O)C1=C[C@H](N=C(N)N)[C@@H](NC(C)=O)[C@H]([C@@H]2OCC[C@@H](O)[C@H]2O)O1. The molecular formula is C19H32N4O7. The molecule has 0 bridgehead atoms. The molecule has 11 heteroatoms. The minimum absolute atomic E-state index is 0.149. The Balaban J connectivity index is 2.32. The molecule has 0 aromatic heterocycles. The third-order valence-corrected chi connectivity index (χ3v) is 4.94. The second-order valence-electron chi connectivity index (χ2n) is 7.41. The summed E-state index contributed by atoms with van der Waals surface area (Å²) in [7, 11) is 0. The summed E-state index contributed by atoms with van der Waals surface area (Å²) in [6, 6.07) is -1.73. The lowest BCUT2D eigenvalue weighted by Gasteiger charge is -2.43. The maximum absolute atomic E-state index is 12.5. The molecule has 1 amide bonds. The van der Waals surface area contributed by atoms with E-state index in [1.54, 1.807) is 0 Å². The highest BCUT2D eigenvalue weighted by Crippen LogP contribution is 2.29. The quantitative estimate of drug-likeness (QED) is 0.135. The van der Waals surface area contributed by atoms with E-state index in [0.29, 0.717) is 6.42 Å². The summed E-state index contributed by atoms with van der Waals surface area (Å²) in [5, 5.41) is 23.2. The minimum Gasteiger partial charge on any atom is -0.478 e. The number of esters is 1. The molecule has 11 nitrogen and oxygen atoms in total. The van der Waals surface area contributed by atoms with Crippen LogP contribution in [-0.4, -0.2) is 77.8 Å². The van der Waals surface area contributed by atoms with E-state index in [9.17, 15) is 19.8 Å². The number of hydrogen-bond acceptors (Lipinski definition) is 8. The predicted molar refractivity (Wildman–Crippen MR) is 107 cm³/mol. The van der Waals surface area contributed by atoms with Gasteiger partial charge in [0.25, 0.3) is 0 Å². The number of rotatable bonds is 8. The first-order chi connectivity index (χ1) is 14.2. The van der Waals surface area contributed by atoms with Crippen molar-refractivity contribution in [2.45, 2.75) is 76.0 Å². The van der Waals surface area contributed by atoms with Gasteiger partial charge in [-0.05, 0) is 18.9 Å². The van der Waals surface area contributed by atoms with Crippen LogP contribution in [0, 0.1) is 0 Å². The molecule has 0 spiro atoms. The maximum atomic E-state index is 12.5. The average Bonchev–Trinajstić information content (AvgIpc) is 2.68. The van der Waals surface area contributed by atoms with Gasteiger partial charge in [0.1, 0.15) is 12.2 Å². The maximum Gasteiger partial charge on any atom is 0.373 e. The summed E-state index contributed by atoms with van der Waals surface area (Å²) in [5.74, 6) is -1.51. The van der Waals surface area contributed by atoms with E-state index in [2.05, 4.69) is 10.3 Å². The fourth-order valence-electron chi connectivity index (χ4n) is 3.48. The number of carbonyl (C=O) groups is 2. The van der Waals surface area contributed by atoms with Crippen molar-refractivity contribution in [3.63, 3.8) is 0 Å². The van der Waals surface area contributed by atoms with Gasteiger partial charge in [-0.3, -0.25) is 4.79 Å². The van der Waals surface area contributed by atoms with E-state index in [-0.39, 0.29) is 31.4 Å². The van der Waals surface area contributed by atoms with Crippen LogP contribution < -0.4 is 16.8 Å². The zero-order valence-corrected chi connectivity index (χ0v) is 17.3. The Morgan fingerprint density at radius 1 is 1.30 bits per heavy atom. The Bertz CT molecular complexity index is 665. The highest BCUT2D eigenvalue weighted by atomic mass is 16.6. The lowest BCUT2D eigenvalue weighted by atomic mass is 9.88. The average molecular weight is 428 g/mol. The summed E-state index contributed by atoms with van der Waals surface area (Å²) < 4.78 is 16.7. The molecule has 2 heterocycles. The molecule has 6 atom stereocenters. The molecule has 2 aliphatic rings. The number of hydrogen-bond donors (Lipinski definition) is 5. The highest BCUT2D eigenvalue weighted by molar-refractivity contribution is 5.87. The fraction of sp³-hybridized carbons (Fsp3) is 0.737. The molecule has 1 saturated heterocycles. The Morgan fingerprint density at radius 2 is 2.03 bits per heavy atom. The largest absolute Gasteiger partial charge is 0.478 e. The van der Waals surface area contributed by atoms with Crippen LogP contribution in [0.4, 0.5) is 0 Å². The number of unbranched alkanes of at least 4 members (excludes halogenated alkanes) is 2. The summed E-state index contributed by atoms with van der Waals surface area (Å²) in [6.45, 7) is 3.73. The van der Waals surface area contributed by atoms with Gasteiger partial charge in [-0.2, -0.15) is 0 Å². The number of nitrogens with two attached hydrogens (primary N) is 2. The van der Waals surface area contributed by atoms with Gasteiger partial charge >= 0.3 is 5.97 Å². The van der Waals surface area contributed by atoms with Crippen LogP contribution in [0.5, 0.6) is 0 Å².